The van der Waals surface area contributed by atoms with Crippen LogP contribution in [0, 0.1) is 6.92 Å². The SMILES string of the molecule is CCOc1oc(-c2cc(C)ccc2OC)nc1C(=O)O. The molecule has 6 heteroatoms. The zero-order valence-electron chi connectivity index (χ0n) is 11.5. The quantitative estimate of drug-likeness (QED) is 0.904. The molecule has 6 nitrogen and oxygen atoms in total. The highest BCUT2D eigenvalue weighted by Gasteiger charge is 2.23. The second-order valence-electron chi connectivity index (χ2n) is 4.10. The van der Waals surface area contributed by atoms with Gasteiger partial charge in [0, 0.05) is 0 Å². The summed E-state index contributed by atoms with van der Waals surface area (Å²) in [6.07, 6.45) is 0. The number of aromatic nitrogens is 1. The van der Waals surface area contributed by atoms with E-state index in [0.717, 1.165) is 5.56 Å². The number of carboxylic acids is 1. The predicted octanol–water partition coefficient (Wildman–Crippen LogP) is 2.76. The van der Waals surface area contributed by atoms with Crippen molar-refractivity contribution in [1.29, 1.82) is 0 Å². The van der Waals surface area contributed by atoms with Crippen LogP contribution in [0.5, 0.6) is 11.7 Å². The maximum absolute atomic E-state index is 11.1. The third-order valence-corrected chi connectivity index (χ3v) is 2.66. The van der Waals surface area contributed by atoms with Gasteiger partial charge in [-0.25, -0.2) is 4.79 Å². The number of ether oxygens (including phenoxy) is 2. The molecule has 2 rings (SSSR count). The number of hydrogen-bond donors (Lipinski definition) is 1. The fraction of sp³-hybridized carbons (Fsp3) is 0.286. The van der Waals surface area contributed by atoms with Crippen molar-refractivity contribution in [3.63, 3.8) is 0 Å². The summed E-state index contributed by atoms with van der Waals surface area (Å²) in [7, 11) is 1.53. The van der Waals surface area contributed by atoms with E-state index in [2.05, 4.69) is 4.98 Å². The minimum absolute atomic E-state index is 0.0986. The van der Waals surface area contributed by atoms with Gasteiger partial charge >= 0.3 is 11.9 Å². The first-order valence-corrected chi connectivity index (χ1v) is 6.08. The highest BCUT2D eigenvalue weighted by Crippen LogP contribution is 2.34. The lowest BCUT2D eigenvalue weighted by Crippen LogP contribution is -2.01. The number of rotatable bonds is 5. The molecule has 0 spiro atoms. The molecule has 0 bridgehead atoms. The van der Waals surface area contributed by atoms with Gasteiger partial charge < -0.3 is 19.0 Å². The van der Waals surface area contributed by atoms with Crippen LogP contribution in [0.15, 0.2) is 22.6 Å². The molecule has 0 aliphatic heterocycles. The fourth-order valence-electron chi connectivity index (χ4n) is 1.77. The van der Waals surface area contributed by atoms with Crippen LogP contribution in [0.3, 0.4) is 0 Å². The van der Waals surface area contributed by atoms with Crippen molar-refractivity contribution >= 4 is 5.97 Å². The van der Waals surface area contributed by atoms with E-state index < -0.39 is 5.97 Å². The Morgan fingerprint density at radius 3 is 2.80 bits per heavy atom. The molecule has 1 aromatic carbocycles. The zero-order valence-corrected chi connectivity index (χ0v) is 11.5. The predicted molar refractivity (Wildman–Crippen MR) is 71.4 cm³/mol. The van der Waals surface area contributed by atoms with Gasteiger partial charge in [-0.3, -0.25) is 0 Å². The molecule has 1 aromatic heterocycles. The lowest BCUT2D eigenvalue weighted by atomic mass is 10.1. The maximum Gasteiger partial charge on any atom is 0.362 e. The number of oxazole rings is 1. The van der Waals surface area contributed by atoms with Gasteiger partial charge in [0.25, 0.3) is 0 Å². The minimum Gasteiger partial charge on any atom is -0.496 e. The van der Waals surface area contributed by atoms with Crippen molar-refractivity contribution in [2.45, 2.75) is 13.8 Å². The molecule has 2 aromatic rings. The first kappa shape index (κ1) is 13.9. The van der Waals surface area contributed by atoms with E-state index in [9.17, 15) is 4.79 Å². The second-order valence-corrected chi connectivity index (χ2v) is 4.10. The summed E-state index contributed by atoms with van der Waals surface area (Å²) in [6.45, 7) is 3.94. The van der Waals surface area contributed by atoms with E-state index in [1.54, 1.807) is 13.0 Å². The van der Waals surface area contributed by atoms with Crippen molar-refractivity contribution in [3.8, 4) is 23.1 Å². The van der Waals surface area contributed by atoms with Crippen LogP contribution in [0.4, 0.5) is 0 Å². The van der Waals surface area contributed by atoms with Crippen LogP contribution >= 0.6 is 0 Å². The van der Waals surface area contributed by atoms with Gasteiger partial charge in [-0.2, -0.15) is 4.98 Å². The van der Waals surface area contributed by atoms with Crippen LogP contribution in [0.25, 0.3) is 11.5 Å². The van der Waals surface area contributed by atoms with Crippen molar-refractivity contribution in [3.05, 3.63) is 29.5 Å². The topological polar surface area (TPSA) is 81.8 Å². The molecular weight excluding hydrogens is 262 g/mol. The van der Waals surface area contributed by atoms with Crippen molar-refractivity contribution in [1.82, 2.24) is 4.98 Å². The Bertz CT molecular complexity index is 632. The summed E-state index contributed by atoms with van der Waals surface area (Å²) in [5.74, 6) is -0.586. The highest BCUT2D eigenvalue weighted by atomic mass is 16.6. The number of aryl methyl sites for hydroxylation is 1. The van der Waals surface area contributed by atoms with Gasteiger partial charge in [0.15, 0.2) is 0 Å². The number of benzene rings is 1. The normalized spacial score (nSPS) is 10.3. The molecular formula is C14H15NO5. The summed E-state index contributed by atoms with van der Waals surface area (Å²) in [5, 5.41) is 9.10. The number of carbonyl (C=O) groups is 1. The number of carboxylic acid groups (broad SMARTS) is 1. The molecule has 0 unspecified atom stereocenters. The third-order valence-electron chi connectivity index (χ3n) is 2.66. The highest BCUT2D eigenvalue weighted by molar-refractivity contribution is 5.88. The van der Waals surface area contributed by atoms with Crippen molar-refractivity contribution < 1.29 is 23.8 Å². The number of nitrogens with zero attached hydrogens (tertiary/aromatic N) is 1. The van der Waals surface area contributed by atoms with Gasteiger partial charge in [0.05, 0.1) is 19.3 Å². The van der Waals surface area contributed by atoms with Crippen LogP contribution in [-0.2, 0) is 0 Å². The van der Waals surface area contributed by atoms with E-state index in [4.69, 9.17) is 19.0 Å². The van der Waals surface area contributed by atoms with Crippen LogP contribution in [0.1, 0.15) is 23.0 Å². The Morgan fingerprint density at radius 1 is 1.45 bits per heavy atom. The first-order chi connectivity index (χ1) is 9.56. The molecule has 0 fully saturated rings. The Hall–Kier alpha value is -2.50. The Morgan fingerprint density at radius 2 is 2.20 bits per heavy atom. The summed E-state index contributed by atoms with van der Waals surface area (Å²) in [6, 6.07) is 5.47. The Balaban J connectivity index is 2.55. The fourth-order valence-corrected chi connectivity index (χ4v) is 1.77. The number of hydrogen-bond acceptors (Lipinski definition) is 5. The molecule has 1 heterocycles. The van der Waals surface area contributed by atoms with Crippen LogP contribution in [0.2, 0.25) is 0 Å². The summed E-state index contributed by atoms with van der Waals surface area (Å²) >= 11 is 0. The Labute approximate surface area is 116 Å². The average Bonchev–Trinajstić information content (AvgIpc) is 2.83. The monoisotopic (exact) mass is 277 g/mol. The van der Waals surface area contributed by atoms with Crippen LogP contribution in [-0.4, -0.2) is 29.8 Å². The lowest BCUT2D eigenvalue weighted by Gasteiger charge is -2.05. The van der Waals surface area contributed by atoms with E-state index in [0.29, 0.717) is 17.9 Å². The second kappa shape index (κ2) is 5.64. The molecule has 0 radical (unpaired) electrons. The molecule has 0 saturated heterocycles. The molecule has 1 N–H and O–H groups in total. The lowest BCUT2D eigenvalue weighted by molar-refractivity contribution is 0.0683. The number of methoxy groups -OCH3 is 1. The first-order valence-electron chi connectivity index (χ1n) is 6.08. The molecule has 0 amide bonds. The van der Waals surface area contributed by atoms with E-state index in [-0.39, 0.29) is 17.5 Å². The number of aromatic carboxylic acids is 1. The average molecular weight is 277 g/mol. The van der Waals surface area contributed by atoms with Gasteiger partial charge in [-0.1, -0.05) is 11.6 Å². The molecule has 0 saturated carbocycles. The van der Waals surface area contributed by atoms with Gasteiger partial charge in [-0.15, -0.1) is 0 Å². The molecule has 106 valence electrons. The standard InChI is InChI=1S/C14H15NO5/c1-4-19-14-11(13(16)17)15-12(20-14)9-7-8(2)5-6-10(9)18-3/h5-7H,4H2,1-3H3,(H,16,17). The van der Waals surface area contributed by atoms with E-state index >= 15 is 0 Å². The summed E-state index contributed by atoms with van der Waals surface area (Å²) in [5.41, 5.74) is 1.32. The molecule has 20 heavy (non-hydrogen) atoms. The minimum atomic E-state index is -1.20. The zero-order chi connectivity index (χ0) is 14.7. The molecule has 0 atom stereocenters. The smallest absolute Gasteiger partial charge is 0.362 e. The summed E-state index contributed by atoms with van der Waals surface area (Å²) in [4.78, 5) is 15.1. The maximum atomic E-state index is 11.1. The van der Waals surface area contributed by atoms with Gasteiger partial charge in [-0.05, 0) is 26.0 Å². The summed E-state index contributed by atoms with van der Waals surface area (Å²) < 4.78 is 15.8. The third kappa shape index (κ3) is 2.59. The van der Waals surface area contributed by atoms with Crippen molar-refractivity contribution in [2.24, 2.45) is 0 Å². The van der Waals surface area contributed by atoms with E-state index in [1.807, 2.05) is 19.1 Å². The largest absolute Gasteiger partial charge is 0.496 e. The van der Waals surface area contributed by atoms with E-state index in [1.165, 1.54) is 7.11 Å². The Kier molecular flexibility index (Phi) is 3.93. The van der Waals surface area contributed by atoms with Gasteiger partial charge in [0.2, 0.25) is 11.6 Å². The van der Waals surface area contributed by atoms with Crippen molar-refractivity contribution in [2.75, 3.05) is 13.7 Å². The molecule has 0 aliphatic carbocycles. The molecule has 0 aliphatic rings. The van der Waals surface area contributed by atoms with Gasteiger partial charge in [0.1, 0.15) is 5.75 Å². The van der Waals surface area contributed by atoms with Crippen LogP contribution < -0.4 is 9.47 Å².